The summed E-state index contributed by atoms with van der Waals surface area (Å²) >= 11 is 0. The van der Waals surface area contributed by atoms with Gasteiger partial charge in [0.15, 0.2) is 0 Å². The van der Waals surface area contributed by atoms with Gasteiger partial charge in [-0.3, -0.25) is 16.3 Å². The summed E-state index contributed by atoms with van der Waals surface area (Å²) in [4.78, 5) is 11.4. The first-order chi connectivity index (χ1) is 6.61. The quantitative estimate of drug-likeness (QED) is 0.543. The molecular formula is C10H14N2O2. The van der Waals surface area contributed by atoms with Crippen LogP contribution in [0.25, 0.3) is 0 Å². The molecule has 4 N–H and O–H groups in total. The second kappa shape index (κ2) is 4.74. The lowest BCUT2D eigenvalue weighted by molar-refractivity contribution is -0.149. The summed E-state index contributed by atoms with van der Waals surface area (Å²) in [5.41, 5.74) is 11.2. The molecule has 0 aromatic heterocycles. The smallest absolute Gasteiger partial charge is 0.315 e. The summed E-state index contributed by atoms with van der Waals surface area (Å²) in [6.45, 7) is 1.75. The molecule has 14 heavy (non-hydrogen) atoms. The highest BCUT2D eigenvalue weighted by Gasteiger charge is 2.17. The van der Waals surface area contributed by atoms with Gasteiger partial charge in [0.25, 0.3) is 0 Å². The summed E-state index contributed by atoms with van der Waals surface area (Å²) in [6.07, 6.45) is -1.05. The Morgan fingerprint density at radius 3 is 2.36 bits per heavy atom. The monoisotopic (exact) mass is 194 g/mol. The minimum absolute atomic E-state index is 0.342. The summed E-state index contributed by atoms with van der Waals surface area (Å²) in [7, 11) is 0. The molecule has 1 rings (SSSR count). The number of hydrogen-bond donors (Lipinski definition) is 2. The van der Waals surface area contributed by atoms with E-state index in [1.165, 1.54) is 0 Å². The highest BCUT2D eigenvalue weighted by molar-refractivity contribution is 5.77. The van der Waals surface area contributed by atoms with Crippen molar-refractivity contribution in [2.24, 2.45) is 11.5 Å². The van der Waals surface area contributed by atoms with E-state index in [9.17, 15) is 4.79 Å². The van der Waals surface area contributed by atoms with Gasteiger partial charge in [0.05, 0.1) is 5.92 Å². The third-order valence-corrected chi connectivity index (χ3v) is 1.91. The fraction of sp³-hybridized carbons (Fsp3) is 0.300. The Morgan fingerprint density at radius 2 is 1.86 bits per heavy atom. The molecule has 0 spiro atoms. The number of nitrogens with two attached hydrogens (primary N) is 2. The van der Waals surface area contributed by atoms with E-state index >= 15 is 0 Å². The molecule has 1 aromatic carbocycles. The van der Waals surface area contributed by atoms with E-state index < -0.39 is 12.3 Å². The van der Waals surface area contributed by atoms with Crippen LogP contribution in [0, 0.1) is 0 Å². The van der Waals surface area contributed by atoms with Crippen LogP contribution in [-0.4, -0.2) is 12.3 Å². The van der Waals surface area contributed by atoms with E-state index in [0.717, 1.165) is 5.56 Å². The fourth-order valence-corrected chi connectivity index (χ4v) is 1.11. The van der Waals surface area contributed by atoms with Crippen LogP contribution < -0.4 is 11.5 Å². The molecule has 76 valence electrons. The summed E-state index contributed by atoms with van der Waals surface area (Å²) in [5.74, 6) is -0.753. The average molecular weight is 194 g/mol. The standard InChI is InChI=1S/C10H14N2O2/c1-7(9(13)14-10(11)12)8-5-3-2-4-6-8/h2-7,10H,11-12H2,1H3. The maximum absolute atomic E-state index is 11.4. The molecule has 1 unspecified atom stereocenters. The van der Waals surface area contributed by atoms with Crippen LogP contribution in [0.1, 0.15) is 18.4 Å². The van der Waals surface area contributed by atoms with Gasteiger partial charge in [0, 0.05) is 0 Å². The van der Waals surface area contributed by atoms with Crippen LogP contribution in [-0.2, 0) is 9.53 Å². The lowest BCUT2D eigenvalue weighted by Gasteiger charge is -2.13. The predicted octanol–water partition coefficient (Wildman–Crippen LogP) is 0.534. The molecule has 0 aliphatic rings. The van der Waals surface area contributed by atoms with Crippen molar-refractivity contribution in [2.45, 2.75) is 19.2 Å². The largest absolute Gasteiger partial charge is 0.433 e. The Bertz CT molecular complexity index is 298. The molecule has 4 heteroatoms. The first-order valence-corrected chi connectivity index (χ1v) is 4.38. The number of carbonyl (C=O) groups is 1. The Morgan fingerprint density at radius 1 is 1.29 bits per heavy atom. The van der Waals surface area contributed by atoms with E-state index in [4.69, 9.17) is 11.5 Å². The first-order valence-electron chi connectivity index (χ1n) is 4.38. The van der Waals surface area contributed by atoms with Crippen molar-refractivity contribution in [3.63, 3.8) is 0 Å². The van der Waals surface area contributed by atoms with E-state index in [-0.39, 0.29) is 5.92 Å². The van der Waals surface area contributed by atoms with Crippen molar-refractivity contribution in [1.29, 1.82) is 0 Å². The Balaban J connectivity index is 2.66. The maximum atomic E-state index is 11.4. The molecule has 0 saturated carbocycles. The Kier molecular flexibility index (Phi) is 3.62. The van der Waals surface area contributed by atoms with Crippen molar-refractivity contribution in [3.05, 3.63) is 35.9 Å². The molecular weight excluding hydrogens is 180 g/mol. The number of esters is 1. The molecule has 1 atom stereocenters. The van der Waals surface area contributed by atoms with Crippen LogP contribution in [0.5, 0.6) is 0 Å². The van der Waals surface area contributed by atoms with Gasteiger partial charge in [0.2, 0.25) is 6.35 Å². The molecule has 0 bridgehead atoms. The van der Waals surface area contributed by atoms with Crippen molar-refractivity contribution < 1.29 is 9.53 Å². The third kappa shape index (κ3) is 2.83. The SMILES string of the molecule is CC(C(=O)OC(N)N)c1ccccc1. The molecule has 0 fully saturated rings. The van der Waals surface area contributed by atoms with Crippen molar-refractivity contribution in [1.82, 2.24) is 0 Å². The average Bonchev–Trinajstić information content (AvgIpc) is 2.17. The zero-order chi connectivity index (χ0) is 10.6. The zero-order valence-electron chi connectivity index (χ0n) is 8.01. The number of rotatable bonds is 3. The fourth-order valence-electron chi connectivity index (χ4n) is 1.11. The van der Waals surface area contributed by atoms with Gasteiger partial charge in [-0.15, -0.1) is 0 Å². The van der Waals surface area contributed by atoms with Gasteiger partial charge in [-0.25, -0.2) is 0 Å². The molecule has 4 nitrogen and oxygen atoms in total. The van der Waals surface area contributed by atoms with Crippen LogP contribution in [0.4, 0.5) is 0 Å². The molecule has 1 aromatic rings. The number of benzene rings is 1. The summed E-state index contributed by atoms with van der Waals surface area (Å²) < 4.78 is 4.68. The van der Waals surface area contributed by atoms with E-state index in [1.807, 2.05) is 30.3 Å². The predicted molar refractivity (Wildman–Crippen MR) is 53.1 cm³/mol. The van der Waals surface area contributed by atoms with Crippen LogP contribution in [0.2, 0.25) is 0 Å². The molecule has 0 aliphatic carbocycles. The van der Waals surface area contributed by atoms with Crippen molar-refractivity contribution in [2.75, 3.05) is 0 Å². The van der Waals surface area contributed by atoms with Gasteiger partial charge in [-0.2, -0.15) is 0 Å². The van der Waals surface area contributed by atoms with Crippen molar-refractivity contribution >= 4 is 5.97 Å². The minimum Gasteiger partial charge on any atom is -0.433 e. The first kappa shape index (κ1) is 10.7. The van der Waals surface area contributed by atoms with Crippen molar-refractivity contribution in [3.8, 4) is 0 Å². The van der Waals surface area contributed by atoms with Gasteiger partial charge in [-0.1, -0.05) is 30.3 Å². The van der Waals surface area contributed by atoms with E-state index in [0.29, 0.717) is 0 Å². The second-order valence-corrected chi connectivity index (χ2v) is 3.03. The Hall–Kier alpha value is -1.39. The lowest BCUT2D eigenvalue weighted by atomic mass is 10.0. The minimum atomic E-state index is -1.05. The highest BCUT2D eigenvalue weighted by atomic mass is 16.6. The van der Waals surface area contributed by atoms with Gasteiger partial charge in [-0.05, 0) is 12.5 Å². The zero-order valence-corrected chi connectivity index (χ0v) is 8.01. The van der Waals surface area contributed by atoms with Crippen LogP contribution in [0.3, 0.4) is 0 Å². The molecule has 0 amide bonds. The summed E-state index contributed by atoms with van der Waals surface area (Å²) in [6, 6.07) is 9.32. The normalized spacial score (nSPS) is 12.6. The molecule has 0 aliphatic heterocycles. The third-order valence-electron chi connectivity index (χ3n) is 1.91. The molecule has 0 heterocycles. The molecule has 0 saturated heterocycles. The lowest BCUT2D eigenvalue weighted by Crippen LogP contribution is -2.36. The number of carbonyl (C=O) groups excluding carboxylic acids is 1. The number of ether oxygens (including phenoxy) is 1. The molecule has 0 radical (unpaired) electrons. The highest BCUT2D eigenvalue weighted by Crippen LogP contribution is 2.15. The van der Waals surface area contributed by atoms with E-state index in [2.05, 4.69) is 4.74 Å². The maximum Gasteiger partial charge on any atom is 0.315 e. The topological polar surface area (TPSA) is 78.3 Å². The summed E-state index contributed by atoms with van der Waals surface area (Å²) in [5, 5.41) is 0. The van der Waals surface area contributed by atoms with Crippen LogP contribution in [0.15, 0.2) is 30.3 Å². The van der Waals surface area contributed by atoms with Gasteiger partial charge >= 0.3 is 5.97 Å². The Labute approximate surface area is 82.8 Å². The number of hydrogen-bond acceptors (Lipinski definition) is 4. The van der Waals surface area contributed by atoms with Crippen LogP contribution >= 0.6 is 0 Å². The second-order valence-electron chi connectivity index (χ2n) is 3.03. The van der Waals surface area contributed by atoms with E-state index in [1.54, 1.807) is 6.92 Å². The van der Waals surface area contributed by atoms with Gasteiger partial charge < -0.3 is 4.74 Å². The van der Waals surface area contributed by atoms with Gasteiger partial charge in [0.1, 0.15) is 0 Å².